The Morgan fingerprint density at radius 1 is 1.61 bits per heavy atom. The lowest BCUT2D eigenvalue weighted by molar-refractivity contribution is 0.0978. The van der Waals surface area contributed by atoms with E-state index in [1.54, 1.807) is 11.8 Å². The minimum atomic E-state index is -1.04. The van der Waals surface area contributed by atoms with Gasteiger partial charge in [0.25, 0.3) is 0 Å². The van der Waals surface area contributed by atoms with Crippen LogP contribution < -0.4 is 5.46 Å². The fourth-order valence-electron chi connectivity index (χ4n) is 1.97. The van der Waals surface area contributed by atoms with Crippen LogP contribution in [0.1, 0.15) is 28.8 Å². The number of carbonyl (C=O) groups is 1. The van der Waals surface area contributed by atoms with Crippen LogP contribution in [0.2, 0.25) is 0 Å². The van der Waals surface area contributed by atoms with Crippen molar-refractivity contribution in [2.45, 2.75) is 19.4 Å². The van der Waals surface area contributed by atoms with Gasteiger partial charge in [0.05, 0.1) is 12.2 Å². The maximum atomic E-state index is 13.8. The van der Waals surface area contributed by atoms with Crippen LogP contribution in [0.4, 0.5) is 4.39 Å². The summed E-state index contributed by atoms with van der Waals surface area (Å²) in [6.45, 7) is 0.189. The summed E-state index contributed by atoms with van der Waals surface area (Å²) in [5, 5.41) is 9.53. The Morgan fingerprint density at radius 3 is 3.11 bits per heavy atom. The van der Waals surface area contributed by atoms with Crippen LogP contribution in [0.25, 0.3) is 0 Å². The summed E-state index contributed by atoms with van der Waals surface area (Å²) in [7, 11) is -1.04. The number of ketones is 1. The van der Waals surface area contributed by atoms with Gasteiger partial charge < -0.3 is 9.68 Å². The highest BCUT2D eigenvalue weighted by atomic mass is 32.2. The second kappa shape index (κ2) is 5.86. The maximum Gasteiger partial charge on any atom is 0.491 e. The number of Topliss-reactive ketones (excluding diaryl/α,β-unsaturated/α-hetero) is 1. The molecule has 1 aliphatic rings. The molecule has 18 heavy (non-hydrogen) atoms. The van der Waals surface area contributed by atoms with Gasteiger partial charge in [-0.15, -0.1) is 0 Å². The van der Waals surface area contributed by atoms with E-state index in [0.29, 0.717) is 17.4 Å². The van der Waals surface area contributed by atoms with Gasteiger partial charge in [-0.05, 0) is 41.6 Å². The lowest BCUT2D eigenvalue weighted by atomic mass is 9.78. The van der Waals surface area contributed by atoms with Gasteiger partial charge in [-0.25, -0.2) is 4.39 Å². The predicted octanol–water partition coefficient (Wildman–Crippen LogP) is 1.37. The number of hydrogen-bond acceptors (Lipinski definition) is 4. The number of thioether (sulfide) groups is 1. The largest absolute Gasteiger partial charge is 0.491 e. The lowest BCUT2D eigenvalue weighted by Crippen LogP contribution is -2.29. The highest BCUT2D eigenvalue weighted by molar-refractivity contribution is 7.98. The fraction of sp³-hybridized carbons (Fsp3) is 0.417. The summed E-state index contributed by atoms with van der Waals surface area (Å²) in [5.41, 5.74) is 1.17. The SMILES string of the molecule is CSCCCC(=O)c1cc2c(cc1F)COB2O. The number of halogens is 1. The smallest absolute Gasteiger partial charge is 0.423 e. The topological polar surface area (TPSA) is 46.5 Å². The van der Waals surface area contributed by atoms with E-state index in [2.05, 4.69) is 0 Å². The van der Waals surface area contributed by atoms with Gasteiger partial charge in [0.2, 0.25) is 0 Å². The van der Waals surface area contributed by atoms with Crippen LogP contribution >= 0.6 is 11.8 Å². The van der Waals surface area contributed by atoms with Gasteiger partial charge >= 0.3 is 7.12 Å². The van der Waals surface area contributed by atoms with Crippen molar-refractivity contribution in [3.63, 3.8) is 0 Å². The molecule has 96 valence electrons. The van der Waals surface area contributed by atoms with Crippen LogP contribution in [0.15, 0.2) is 12.1 Å². The molecular weight excluding hydrogens is 254 g/mol. The summed E-state index contributed by atoms with van der Waals surface area (Å²) < 4.78 is 18.8. The van der Waals surface area contributed by atoms with Crippen LogP contribution in [-0.4, -0.2) is 29.9 Å². The first-order chi connectivity index (χ1) is 8.63. The highest BCUT2D eigenvalue weighted by Crippen LogP contribution is 2.17. The Kier molecular flexibility index (Phi) is 4.42. The predicted molar refractivity (Wildman–Crippen MR) is 70.7 cm³/mol. The van der Waals surface area contributed by atoms with E-state index < -0.39 is 12.9 Å². The van der Waals surface area contributed by atoms with Gasteiger partial charge in [0.15, 0.2) is 5.78 Å². The first-order valence-electron chi connectivity index (χ1n) is 5.77. The van der Waals surface area contributed by atoms with Gasteiger partial charge in [-0.3, -0.25) is 4.79 Å². The Morgan fingerprint density at radius 2 is 2.39 bits per heavy atom. The molecule has 0 saturated heterocycles. The summed E-state index contributed by atoms with van der Waals surface area (Å²) in [5.74, 6) is 0.133. The molecule has 6 heteroatoms. The Balaban J connectivity index is 2.18. The van der Waals surface area contributed by atoms with Gasteiger partial charge in [-0.2, -0.15) is 11.8 Å². The summed E-state index contributed by atoms with van der Waals surface area (Å²) in [6, 6.07) is 2.71. The fourth-order valence-corrected chi connectivity index (χ4v) is 2.40. The Labute approximate surface area is 110 Å². The third kappa shape index (κ3) is 2.76. The first-order valence-corrected chi connectivity index (χ1v) is 7.17. The normalized spacial score (nSPS) is 13.8. The molecule has 0 atom stereocenters. The minimum Gasteiger partial charge on any atom is -0.423 e. The van der Waals surface area contributed by atoms with E-state index in [0.717, 1.165) is 12.2 Å². The Bertz CT molecular complexity index is 467. The molecule has 0 bridgehead atoms. The molecule has 1 aromatic rings. The molecule has 0 spiro atoms. The Hall–Kier alpha value is -0.845. The number of fused-ring (bicyclic) bond motifs is 1. The highest BCUT2D eigenvalue weighted by Gasteiger charge is 2.29. The molecule has 1 aliphatic heterocycles. The van der Waals surface area contributed by atoms with Gasteiger partial charge in [-0.1, -0.05) is 0 Å². The van der Waals surface area contributed by atoms with Crippen molar-refractivity contribution in [1.29, 1.82) is 0 Å². The van der Waals surface area contributed by atoms with Crippen molar-refractivity contribution in [1.82, 2.24) is 0 Å². The monoisotopic (exact) mass is 268 g/mol. The van der Waals surface area contributed by atoms with Gasteiger partial charge in [0.1, 0.15) is 5.82 Å². The summed E-state index contributed by atoms with van der Waals surface area (Å²) in [4.78, 5) is 11.9. The number of rotatable bonds is 5. The van der Waals surface area contributed by atoms with E-state index in [1.807, 2.05) is 6.26 Å². The zero-order valence-corrected chi connectivity index (χ0v) is 10.9. The maximum absolute atomic E-state index is 13.8. The molecule has 1 aromatic carbocycles. The van der Waals surface area contributed by atoms with E-state index in [4.69, 9.17) is 4.65 Å². The zero-order valence-electron chi connectivity index (χ0n) is 10.1. The van der Waals surface area contributed by atoms with E-state index in [1.165, 1.54) is 12.1 Å². The summed E-state index contributed by atoms with van der Waals surface area (Å²) >= 11 is 1.66. The van der Waals surface area contributed by atoms with E-state index in [-0.39, 0.29) is 18.0 Å². The second-order valence-corrected chi connectivity index (χ2v) is 5.20. The van der Waals surface area contributed by atoms with Crippen molar-refractivity contribution in [2.75, 3.05) is 12.0 Å². The zero-order chi connectivity index (χ0) is 13.1. The van der Waals surface area contributed by atoms with Crippen molar-refractivity contribution in [3.8, 4) is 0 Å². The van der Waals surface area contributed by atoms with Crippen molar-refractivity contribution in [2.24, 2.45) is 0 Å². The quantitative estimate of drug-likeness (QED) is 0.497. The van der Waals surface area contributed by atoms with Crippen LogP contribution in [0.5, 0.6) is 0 Å². The van der Waals surface area contributed by atoms with Gasteiger partial charge in [0, 0.05) is 6.42 Å². The standard InChI is InChI=1S/C12H14BFO3S/c1-18-4-2-3-12(15)9-6-10-8(5-11(9)14)7-17-13(10)16/h5-6,16H,2-4,7H2,1H3. The van der Waals surface area contributed by atoms with Crippen LogP contribution in [-0.2, 0) is 11.3 Å². The molecule has 0 radical (unpaired) electrons. The molecule has 1 N–H and O–H groups in total. The van der Waals surface area contributed by atoms with Crippen molar-refractivity contribution < 1.29 is 18.9 Å². The number of hydrogen-bond donors (Lipinski definition) is 1. The molecule has 0 unspecified atom stereocenters. The third-order valence-corrected chi connectivity index (χ3v) is 3.64. The molecule has 0 saturated carbocycles. The molecule has 0 fully saturated rings. The van der Waals surface area contributed by atoms with Crippen LogP contribution in [0.3, 0.4) is 0 Å². The van der Waals surface area contributed by atoms with E-state index >= 15 is 0 Å². The van der Waals surface area contributed by atoms with Crippen LogP contribution in [0, 0.1) is 5.82 Å². The van der Waals surface area contributed by atoms with E-state index in [9.17, 15) is 14.2 Å². The average Bonchev–Trinajstić information content (AvgIpc) is 2.69. The first kappa shape index (κ1) is 13.6. The minimum absolute atomic E-state index is 0.0550. The van der Waals surface area contributed by atoms with Crippen molar-refractivity contribution in [3.05, 3.63) is 29.1 Å². The lowest BCUT2D eigenvalue weighted by Gasteiger charge is -2.05. The molecule has 2 rings (SSSR count). The van der Waals surface area contributed by atoms with Crippen molar-refractivity contribution >= 4 is 30.1 Å². The molecule has 0 aliphatic carbocycles. The average molecular weight is 268 g/mol. The number of benzene rings is 1. The number of carbonyl (C=O) groups excluding carboxylic acids is 1. The molecule has 3 nitrogen and oxygen atoms in total. The molecule has 0 aromatic heterocycles. The molecular formula is C12H14BFO3S. The summed E-state index contributed by atoms with van der Waals surface area (Å²) in [6.07, 6.45) is 3.03. The molecule has 1 heterocycles. The third-order valence-electron chi connectivity index (χ3n) is 2.94. The molecule has 0 amide bonds. The second-order valence-electron chi connectivity index (χ2n) is 4.21.